The van der Waals surface area contributed by atoms with Crippen molar-refractivity contribution in [1.29, 1.82) is 0 Å². The van der Waals surface area contributed by atoms with Crippen LogP contribution >= 0.6 is 15.9 Å². The van der Waals surface area contributed by atoms with Gasteiger partial charge in [-0.2, -0.15) is 0 Å². The van der Waals surface area contributed by atoms with Gasteiger partial charge in [0.05, 0.1) is 17.5 Å². The van der Waals surface area contributed by atoms with Gasteiger partial charge in [-0.1, -0.05) is 0 Å². The molecule has 0 bridgehead atoms. The fourth-order valence-electron chi connectivity index (χ4n) is 2.32. The predicted molar refractivity (Wildman–Crippen MR) is 80.0 cm³/mol. The van der Waals surface area contributed by atoms with Crippen LogP contribution in [-0.2, 0) is 0 Å². The number of rotatable bonds is 3. The Bertz CT molecular complexity index is 620. The number of nitrogens with zero attached hydrogens (tertiary/aromatic N) is 2. The first kappa shape index (κ1) is 13.2. The molecule has 1 aliphatic heterocycles. The van der Waals surface area contributed by atoms with E-state index in [0.29, 0.717) is 10.2 Å². The Hall–Kier alpha value is -1.82. The molecule has 3 heterocycles. The summed E-state index contributed by atoms with van der Waals surface area (Å²) in [5, 5.41) is 2.90. The van der Waals surface area contributed by atoms with Crippen LogP contribution in [0, 0.1) is 0 Å². The van der Waals surface area contributed by atoms with Crippen molar-refractivity contribution in [2.24, 2.45) is 0 Å². The van der Waals surface area contributed by atoms with Crippen molar-refractivity contribution in [3.63, 3.8) is 0 Å². The highest BCUT2D eigenvalue weighted by atomic mass is 79.9. The van der Waals surface area contributed by atoms with Crippen molar-refractivity contribution in [2.75, 3.05) is 23.3 Å². The predicted octanol–water partition coefficient (Wildman–Crippen LogP) is 3.29. The molecule has 2 aromatic heterocycles. The molecule has 1 fully saturated rings. The van der Waals surface area contributed by atoms with Crippen LogP contribution in [0.4, 0.5) is 11.5 Å². The van der Waals surface area contributed by atoms with E-state index in [-0.39, 0.29) is 5.91 Å². The number of anilines is 2. The maximum atomic E-state index is 12.2. The minimum absolute atomic E-state index is 0.209. The zero-order valence-corrected chi connectivity index (χ0v) is 12.4. The summed E-state index contributed by atoms with van der Waals surface area (Å²) in [6.45, 7) is 1.96. The van der Waals surface area contributed by atoms with E-state index in [1.165, 1.54) is 6.26 Å². The van der Waals surface area contributed by atoms with Crippen LogP contribution in [0.25, 0.3) is 0 Å². The van der Waals surface area contributed by atoms with Gasteiger partial charge in [0.1, 0.15) is 0 Å². The summed E-state index contributed by atoms with van der Waals surface area (Å²) in [5.74, 6) is 0.622. The van der Waals surface area contributed by atoms with Gasteiger partial charge in [-0.25, -0.2) is 4.98 Å². The number of furan rings is 1. The summed E-state index contributed by atoms with van der Waals surface area (Å²) in [5.41, 5.74) is 1.20. The quantitative estimate of drug-likeness (QED) is 0.934. The monoisotopic (exact) mass is 335 g/mol. The van der Waals surface area contributed by atoms with Crippen LogP contribution in [-0.4, -0.2) is 24.0 Å². The smallest absolute Gasteiger partial charge is 0.260 e. The lowest BCUT2D eigenvalue weighted by Crippen LogP contribution is -2.22. The second-order valence-corrected chi connectivity index (χ2v) is 5.35. The van der Waals surface area contributed by atoms with Gasteiger partial charge in [-0.15, -0.1) is 0 Å². The molecule has 2 aromatic rings. The first-order valence-electron chi connectivity index (χ1n) is 6.50. The third-order valence-electron chi connectivity index (χ3n) is 3.30. The normalized spacial score (nSPS) is 14.6. The van der Waals surface area contributed by atoms with Crippen molar-refractivity contribution < 1.29 is 9.21 Å². The van der Waals surface area contributed by atoms with E-state index in [2.05, 4.69) is 31.1 Å². The van der Waals surface area contributed by atoms with Gasteiger partial charge >= 0.3 is 0 Å². The molecule has 0 aliphatic carbocycles. The van der Waals surface area contributed by atoms with E-state index in [9.17, 15) is 4.79 Å². The molecule has 1 saturated heterocycles. The first-order valence-corrected chi connectivity index (χ1v) is 7.29. The number of hydrogen-bond donors (Lipinski definition) is 1. The van der Waals surface area contributed by atoms with Crippen molar-refractivity contribution in [3.05, 3.63) is 40.9 Å². The molecule has 1 N–H and O–H groups in total. The molecule has 104 valence electrons. The molecule has 0 atom stereocenters. The lowest BCUT2D eigenvalue weighted by Gasteiger charge is -2.19. The van der Waals surface area contributed by atoms with Gasteiger partial charge in [-0.3, -0.25) is 4.79 Å². The van der Waals surface area contributed by atoms with Gasteiger partial charge in [0.25, 0.3) is 5.91 Å². The minimum Gasteiger partial charge on any atom is -0.457 e. The Balaban J connectivity index is 1.84. The number of carbonyl (C=O) groups excluding carboxylic acids is 1. The second-order valence-electron chi connectivity index (χ2n) is 4.63. The number of amides is 1. The molecule has 3 rings (SSSR count). The molecule has 0 saturated carbocycles. The molecule has 1 amide bonds. The molecule has 5 nitrogen and oxygen atoms in total. The Morgan fingerprint density at radius 2 is 2.15 bits per heavy atom. The van der Waals surface area contributed by atoms with Crippen LogP contribution < -0.4 is 10.2 Å². The molecule has 0 unspecified atom stereocenters. The summed E-state index contributed by atoms with van der Waals surface area (Å²) < 4.78 is 5.52. The summed E-state index contributed by atoms with van der Waals surface area (Å²) in [6, 6.07) is 5.32. The Morgan fingerprint density at radius 1 is 1.35 bits per heavy atom. The maximum absolute atomic E-state index is 12.2. The van der Waals surface area contributed by atoms with E-state index < -0.39 is 0 Å². The number of pyridine rings is 1. The Kier molecular flexibility index (Phi) is 3.73. The molecule has 6 heteroatoms. The van der Waals surface area contributed by atoms with E-state index in [4.69, 9.17) is 4.42 Å². The molecule has 0 aromatic carbocycles. The highest BCUT2D eigenvalue weighted by Crippen LogP contribution is 2.27. The summed E-state index contributed by atoms with van der Waals surface area (Å²) in [6.07, 6.45) is 5.55. The topological polar surface area (TPSA) is 58.4 Å². The number of aromatic nitrogens is 1. The summed E-state index contributed by atoms with van der Waals surface area (Å²) >= 11 is 3.21. The Morgan fingerprint density at radius 3 is 2.85 bits per heavy atom. The lowest BCUT2D eigenvalue weighted by atomic mass is 10.3. The number of halogens is 1. The largest absolute Gasteiger partial charge is 0.457 e. The SMILES string of the molecule is O=C(Nc1cccnc1N1CCCC1)c1ccoc1Br. The third-order valence-corrected chi connectivity index (χ3v) is 3.92. The maximum Gasteiger partial charge on any atom is 0.260 e. The highest BCUT2D eigenvalue weighted by Gasteiger charge is 2.19. The minimum atomic E-state index is -0.209. The van der Waals surface area contributed by atoms with Crippen LogP contribution in [0.3, 0.4) is 0 Å². The zero-order chi connectivity index (χ0) is 13.9. The first-order chi connectivity index (χ1) is 9.75. The standard InChI is InChI=1S/C14H14BrN3O2/c15-12-10(5-9-20-12)14(19)17-11-4-3-6-16-13(11)18-7-1-2-8-18/h3-6,9H,1-2,7-8H2,(H,17,19). The Labute approximate surface area is 125 Å². The molecular formula is C14H14BrN3O2. The molecule has 0 radical (unpaired) electrons. The number of nitrogens with one attached hydrogen (secondary N) is 1. The van der Waals surface area contributed by atoms with E-state index in [1.54, 1.807) is 12.3 Å². The third kappa shape index (κ3) is 2.56. The van der Waals surface area contributed by atoms with Gasteiger partial charge in [0, 0.05) is 19.3 Å². The van der Waals surface area contributed by atoms with Crippen molar-refractivity contribution in [2.45, 2.75) is 12.8 Å². The van der Waals surface area contributed by atoms with Crippen molar-refractivity contribution in [1.82, 2.24) is 4.98 Å². The van der Waals surface area contributed by atoms with E-state index in [0.717, 1.165) is 37.4 Å². The van der Waals surface area contributed by atoms with E-state index >= 15 is 0 Å². The van der Waals surface area contributed by atoms with Gasteiger partial charge < -0.3 is 14.6 Å². The van der Waals surface area contributed by atoms with Crippen LogP contribution in [0.15, 0.2) is 39.7 Å². The van der Waals surface area contributed by atoms with Crippen molar-refractivity contribution >= 4 is 33.3 Å². The average molecular weight is 336 g/mol. The summed E-state index contributed by atoms with van der Waals surface area (Å²) in [4.78, 5) is 18.8. The van der Waals surface area contributed by atoms with Gasteiger partial charge in [0.2, 0.25) is 0 Å². The average Bonchev–Trinajstić information content (AvgIpc) is 3.10. The van der Waals surface area contributed by atoms with Crippen LogP contribution in [0.2, 0.25) is 0 Å². The molecular weight excluding hydrogens is 322 g/mol. The fourth-order valence-corrected chi connectivity index (χ4v) is 2.74. The fraction of sp³-hybridized carbons (Fsp3) is 0.286. The summed E-state index contributed by atoms with van der Waals surface area (Å²) in [7, 11) is 0. The van der Waals surface area contributed by atoms with E-state index in [1.807, 2.05) is 12.1 Å². The van der Waals surface area contributed by atoms with Crippen molar-refractivity contribution in [3.8, 4) is 0 Å². The number of hydrogen-bond acceptors (Lipinski definition) is 4. The molecule has 1 aliphatic rings. The molecule has 20 heavy (non-hydrogen) atoms. The number of carbonyl (C=O) groups is 1. The lowest BCUT2D eigenvalue weighted by molar-refractivity contribution is 0.102. The zero-order valence-electron chi connectivity index (χ0n) is 10.8. The van der Waals surface area contributed by atoms with Crippen LogP contribution in [0.5, 0.6) is 0 Å². The second kappa shape index (κ2) is 5.66. The molecule has 0 spiro atoms. The van der Waals surface area contributed by atoms with Crippen LogP contribution in [0.1, 0.15) is 23.2 Å². The van der Waals surface area contributed by atoms with Gasteiger partial charge in [-0.05, 0) is 47.0 Å². The highest BCUT2D eigenvalue weighted by molar-refractivity contribution is 9.10. The van der Waals surface area contributed by atoms with Gasteiger partial charge in [0.15, 0.2) is 10.5 Å².